The Morgan fingerprint density at radius 1 is 1.00 bits per heavy atom. The molecular formula is C27H35N3O. The molecule has 1 fully saturated rings. The number of benzene rings is 2. The summed E-state index contributed by atoms with van der Waals surface area (Å²) in [6.45, 7) is 9.52. The molecule has 2 atom stereocenters. The molecule has 0 amide bonds. The summed E-state index contributed by atoms with van der Waals surface area (Å²) < 4.78 is 6.55. The number of hydrogen-bond acceptors (Lipinski definition) is 4. The summed E-state index contributed by atoms with van der Waals surface area (Å²) in [4.78, 5) is 7.47. The van der Waals surface area contributed by atoms with Gasteiger partial charge in [0.15, 0.2) is 0 Å². The Bertz CT molecular complexity index is 942. The van der Waals surface area contributed by atoms with E-state index in [1.165, 1.54) is 30.4 Å². The van der Waals surface area contributed by atoms with Crippen LogP contribution in [0.4, 0.5) is 5.88 Å². The van der Waals surface area contributed by atoms with Crippen molar-refractivity contribution in [3.8, 4) is 11.3 Å². The van der Waals surface area contributed by atoms with Crippen molar-refractivity contribution < 1.29 is 4.42 Å². The zero-order chi connectivity index (χ0) is 21.6. The van der Waals surface area contributed by atoms with Crippen molar-refractivity contribution in [2.24, 2.45) is 5.92 Å². The van der Waals surface area contributed by atoms with Crippen molar-refractivity contribution in [1.29, 1.82) is 0 Å². The zero-order valence-electron chi connectivity index (χ0n) is 19.1. The van der Waals surface area contributed by atoms with Crippen LogP contribution in [0.25, 0.3) is 11.3 Å². The maximum atomic E-state index is 6.55. The number of hydrogen-bond donors (Lipinski definition) is 1. The van der Waals surface area contributed by atoms with Gasteiger partial charge in [-0.15, -0.1) is 0 Å². The molecule has 0 aliphatic carbocycles. The highest BCUT2D eigenvalue weighted by Gasteiger charge is 2.28. The van der Waals surface area contributed by atoms with Crippen molar-refractivity contribution in [3.63, 3.8) is 0 Å². The fourth-order valence-electron chi connectivity index (χ4n) is 4.26. The van der Waals surface area contributed by atoms with Gasteiger partial charge in [-0.2, -0.15) is 0 Å². The fraction of sp³-hybridized carbons (Fsp3) is 0.444. The summed E-state index contributed by atoms with van der Waals surface area (Å²) in [5.41, 5.74) is 4.67. The summed E-state index contributed by atoms with van der Waals surface area (Å²) in [5.74, 6) is 2.16. The molecule has 4 rings (SSSR count). The third-order valence-corrected chi connectivity index (χ3v) is 6.44. The lowest BCUT2D eigenvalue weighted by atomic mass is 9.98. The molecule has 1 saturated heterocycles. The molecule has 2 unspecified atom stereocenters. The Hall–Kier alpha value is -2.59. The highest BCUT2D eigenvalue weighted by atomic mass is 16.4. The molecule has 4 heteroatoms. The van der Waals surface area contributed by atoms with Crippen LogP contribution in [0.15, 0.2) is 59.0 Å². The largest absolute Gasteiger partial charge is 0.423 e. The minimum atomic E-state index is 0.0762. The van der Waals surface area contributed by atoms with Crippen LogP contribution in [0.2, 0.25) is 0 Å². The quantitative estimate of drug-likeness (QED) is 0.453. The molecule has 2 aromatic carbocycles. The van der Waals surface area contributed by atoms with Crippen LogP contribution < -0.4 is 10.2 Å². The Labute approximate surface area is 186 Å². The van der Waals surface area contributed by atoms with Gasteiger partial charge in [-0.05, 0) is 37.7 Å². The number of anilines is 1. The molecule has 1 aliphatic heterocycles. The monoisotopic (exact) mass is 417 g/mol. The van der Waals surface area contributed by atoms with Gasteiger partial charge in [0, 0.05) is 25.2 Å². The summed E-state index contributed by atoms with van der Waals surface area (Å²) in [7, 11) is 0. The highest BCUT2D eigenvalue weighted by molar-refractivity contribution is 5.71. The first kappa shape index (κ1) is 21.6. The maximum Gasteiger partial charge on any atom is 0.224 e. The van der Waals surface area contributed by atoms with Crippen molar-refractivity contribution in [2.75, 3.05) is 18.0 Å². The molecule has 1 N–H and O–H groups in total. The standard InChI is InChI=1S/C27H35N3O/c1-4-21(3)24(28-19-22-15-13-20(2)14-16-22)26-29-25(23-11-7-5-8-12-23)27(31-26)30-17-9-6-10-18-30/h5,7-8,11-16,21,24,28H,4,6,9-10,17-19H2,1-3H3. The van der Waals surface area contributed by atoms with Crippen molar-refractivity contribution in [1.82, 2.24) is 10.3 Å². The minimum absolute atomic E-state index is 0.0762. The van der Waals surface area contributed by atoms with E-state index in [-0.39, 0.29) is 6.04 Å². The van der Waals surface area contributed by atoms with Crippen molar-refractivity contribution >= 4 is 5.88 Å². The van der Waals surface area contributed by atoms with Crippen LogP contribution in [0.3, 0.4) is 0 Å². The average molecular weight is 418 g/mol. The number of piperidine rings is 1. The SMILES string of the molecule is CCC(C)C(NCc1ccc(C)cc1)c1nc(-c2ccccc2)c(N2CCCCC2)o1. The third-order valence-electron chi connectivity index (χ3n) is 6.44. The Balaban J connectivity index is 1.65. The van der Waals surface area contributed by atoms with Crippen molar-refractivity contribution in [2.45, 2.75) is 59.0 Å². The van der Waals surface area contributed by atoms with Crippen LogP contribution in [-0.2, 0) is 6.54 Å². The Kier molecular flexibility index (Phi) is 7.08. The molecule has 0 spiro atoms. The van der Waals surface area contributed by atoms with Gasteiger partial charge in [-0.25, -0.2) is 4.98 Å². The number of nitrogens with one attached hydrogen (secondary N) is 1. The molecule has 1 aromatic heterocycles. The van der Waals surface area contributed by atoms with Gasteiger partial charge in [-0.3, -0.25) is 0 Å². The van der Waals surface area contributed by atoms with Gasteiger partial charge in [0.2, 0.25) is 11.8 Å². The van der Waals surface area contributed by atoms with Crippen LogP contribution in [0.5, 0.6) is 0 Å². The summed E-state index contributed by atoms with van der Waals surface area (Å²) >= 11 is 0. The van der Waals surface area contributed by atoms with Crippen LogP contribution in [0.1, 0.15) is 62.6 Å². The normalized spacial score (nSPS) is 16.3. The van der Waals surface area contributed by atoms with Gasteiger partial charge in [-0.1, -0.05) is 80.4 Å². The van der Waals surface area contributed by atoms with E-state index < -0.39 is 0 Å². The average Bonchev–Trinajstić information content (AvgIpc) is 3.26. The van der Waals surface area contributed by atoms with Gasteiger partial charge in [0.1, 0.15) is 5.69 Å². The lowest BCUT2D eigenvalue weighted by molar-refractivity contribution is 0.306. The molecular weight excluding hydrogens is 382 g/mol. The Morgan fingerprint density at radius 2 is 1.71 bits per heavy atom. The summed E-state index contributed by atoms with van der Waals surface area (Å²) in [5, 5.41) is 3.74. The molecule has 2 heterocycles. The van der Waals surface area contributed by atoms with Crippen LogP contribution in [0, 0.1) is 12.8 Å². The first-order valence-corrected chi connectivity index (χ1v) is 11.8. The van der Waals surface area contributed by atoms with E-state index in [1.54, 1.807) is 0 Å². The van der Waals surface area contributed by atoms with Gasteiger partial charge >= 0.3 is 0 Å². The summed E-state index contributed by atoms with van der Waals surface area (Å²) in [6, 6.07) is 19.3. The van der Waals surface area contributed by atoms with E-state index in [1.807, 2.05) is 0 Å². The second kappa shape index (κ2) is 10.1. The smallest absolute Gasteiger partial charge is 0.224 e. The maximum absolute atomic E-state index is 6.55. The first-order chi connectivity index (χ1) is 15.2. The number of oxazole rings is 1. The third kappa shape index (κ3) is 5.19. The molecule has 3 aromatic rings. The summed E-state index contributed by atoms with van der Waals surface area (Å²) in [6.07, 6.45) is 4.79. The van der Waals surface area contributed by atoms with E-state index in [9.17, 15) is 0 Å². The van der Waals surface area contributed by atoms with E-state index in [4.69, 9.17) is 9.40 Å². The van der Waals surface area contributed by atoms with E-state index in [2.05, 4.69) is 85.6 Å². The minimum Gasteiger partial charge on any atom is -0.423 e. The molecule has 1 aliphatic rings. The molecule has 31 heavy (non-hydrogen) atoms. The predicted molar refractivity (Wildman–Crippen MR) is 128 cm³/mol. The lowest BCUT2D eigenvalue weighted by Crippen LogP contribution is -2.29. The number of aryl methyl sites for hydroxylation is 1. The molecule has 0 bridgehead atoms. The van der Waals surface area contributed by atoms with Gasteiger partial charge < -0.3 is 14.6 Å². The number of nitrogens with zero attached hydrogens (tertiary/aromatic N) is 2. The topological polar surface area (TPSA) is 41.3 Å². The van der Waals surface area contributed by atoms with Gasteiger partial charge in [0.25, 0.3) is 0 Å². The number of aromatic nitrogens is 1. The Morgan fingerprint density at radius 3 is 2.39 bits per heavy atom. The van der Waals surface area contributed by atoms with Crippen LogP contribution >= 0.6 is 0 Å². The van der Waals surface area contributed by atoms with Crippen molar-refractivity contribution in [3.05, 3.63) is 71.6 Å². The molecule has 0 radical (unpaired) electrons. The molecule has 164 valence electrons. The molecule has 4 nitrogen and oxygen atoms in total. The van der Waals surface area contributed by atoms with E-state index in [0.717, 1.165) is 49.1 Å². The second-order valence-electron chi connectivity index (χ2n) is 8.85. The highest BCUT2D eigenvalue weighted by Crippen LogP contribution is 2.36. The van der Waals surface area contributed by atoms with E-state index in [0.29, 0.717) is 5.92 Å². The van der Waals surface area contributed by atoms with E-state index >= 15 is 0 Å². The zero-order valence-corrected chi connectivity index (χ0v) is 19.1. The van der Waals surface area contributed by atoms with Crippen LogP contribution in [-0.4, -0.2) is 18.1 Å². The predicted octanol–water partition coefficient (Wildman–Crippen LogP) is 6.52. The second-order valence-corrected chi connectivity index (χ2v) is 8.85. The lowest BCUT2D eigenvalue weighted by Gasteiger charge is -2.27. The molecule has 0 saturated carbocycles. The van der Waals surface area contributed by atoms with Gasteiger partial charge in [0.05, 0.1) is 6.04 Å². The first-order valence-electron chi connectivity index (χ1n) is 11.8. The number of rotatable bonds is 8. The fourth-order valence-corrected chi connectivity index (χ4v) is 4.26.